The fraction of sp³-hybridized carbons (Fsp3) is 0.538. The number of hydrogen-bond donors (Lipinski definition) is 2. The van der Waals surface area contributed by atoms with Crippen LogP contribution in [0.25, 0.3) is 0 Å². The first kappa shape index (κ1) is 14.4. The van der Waals surface area contributed by atoms with E-state index in [0.717, 1.165) is 18.4 Å². The molecule has 1 aromatic carbocycles. The molecule has 0 amide bonds. The van der Waals surface area contributed by atoms with Crippen LogP contribution in [0.15, 0.2) is 18.2 Å². The van der Waals surface area contributed by atoms with Gasteiger partial charge < -0.3 is 10.4 Å². The molecule has 0 heterocycles. The zero-order valence-electron chi connectivity index (χ0n) is 10.2. The van der Waals surface area contributed by atoms with Gasteiger partial charge in [-0.05, 0) is 31.0 Å². The van der Waals surface area contributed by atoms with E-state index in [4.69, 9.17) is 11.6 Å². The molecule has 17 heavy (non-hydrogen) atoms. The highest BCUT2D eigenvalue weighted by Crippen LogP contribution is 2.23. The number of aliphatic hydroxyl groups is 1. The topological polar surface area (TPSA) is 32.3 Å². The van der Waals surface area contributed by atoms with Crippen molar-refractivity contribution in [1.82, 2.24) is 5.32 Å². The summed E-state index contributed by atoms with van der Waals surface area (Å²) in [5.74, 6) is -0.336. The molecule has 0 radical (unpaired) electrons. The van der Waals surface area contributed by atoms with Gasteiger partial charge in [-0.15, -0.1) is 0 Å². The molecular weight excluding hydrogens is 241 g/mol. The molecule has 2 unspecified atom stereocenters. The van der Waals surface area contributed by atoms with Crippen LogP contribution in [0.4, 0.5) is 4.39 Å². The molecule has 0 spiro atoms. The Morgan fingerprint density at radius 3 is 2.76 bits per heavy atom. The molecule has 1 aromatic rings. The van der Waals surface area contributed by atoms with Gasteiger partial charge in [0.2, 0.25) is 0 Å². The predicted octanol–water partition coefficient (Wildman–Crippen LogP) is 3.29. The van der Waals surface area contributed by atoms with Crippen molar-refractivity contribution in [3.8, 4) is 0 Å². The molecule has 2 nitrogen and oxygen atoms in total. The minimum atomic E-state index is -0.346. The van der Waals surface area contributed by atoms with E-state index in [-0.39, 0.29) is 18.0 Å². The number of nitrogens with one attached hydrogen (secondary N) is 1. The third-order valence-corrected chi connectivity index (χ3v) is 3.04. The molecular formula is C13H19ClFNO. The van der Waals surface area contributed by atoms with Crippen molar-refractivity contribution in [3.63, 3.8) is 0 Å². The van der Waals surface area contributed by atoms with E-state index in [9.17, 15) is 9.50 Å². The smallest absolute Gasteiger partial charge is 0.124 e. The van der Waals surface area contributed by atoms with Gasteiger partial charge in [-0.3, -0.25) is 0 Å². The lowest BCUT2D eigenvalue weighted by Gasteiger charge is -2.18. The van der Waals surface area contributed by atoms with Crippen LogP contribution in [-0.2, 0) is 0 Å². The summed E-state index contributed by atoms with van der Waals surface area (Å²) < 4.78 is 12.9. The summed E-state index contributed by atoms with van der Waals surface area (Å²) in [6.07, 6.45) is 1.38. The molecule has 2 N–H and O–H groups in total. The SMILES string of the molecule is CCCC(O)CNC(C)c1ccc(F)cc1Cl. The van der Waals surface area contributed by atoms with E-state index in [1.165, 1.54) is 12.1 Å². The van der Waals surface area contributed by atoms with Crippen LogP contribution in [0.5, 0.6) is 0 Å². The predicted molar refractivity (Wildman–Crippen MR) is 68.7 cm³/mol. The second kappa shape index (κ2) is 6.94. The lowest BCUT2D eigenvalue weighted by molar-refractivity contribution is 0.157. The van der Waals surface area contributed by atoms with Gasteiger partial charge in [0, 0.05) is 17.6 Å². The van der Waals surface area contributed by atoms with Gasteiger partial charge >= 0.3 is 0 Å². The van der Waals surface area contributed by atoms with Gasteiger partial charge in [0.15, 0.2) is 0 Å². The van der Waals surface area contributed by atoms with Crippen LogP contribution in [0.3, 0.4) is 0 Å². The number of benzene rings is 1. The quantitative estimate of drug-likeness (QED) is 0.822. The monoisotopic (exact) mass is 259 g/mol. The van der Waals surface area contributed by atoms with Crippen LogP contribution in [0, 0.1) is 5.82 Å². The minimum Gasteiger partial charge on any atom is -0.392 e. The van der Waals surface area contributed by atoms with E-state index >= 15 is 0 Å². The lowest BCUT2D eigenvalue weighted by atomic mass is 10.1. The Morgan fingerprint density at radius 1 is 1.47 bits per heavy atom. The first-order chi connectivity index (χ1) is 8.04. The summed E-state index contributed by atoms with van der Waals surface area (Å²) in [6, 6.07) is 4.36. The summed E-state index contributed by atoms with van der Waals surface area (Å²) in [5.41, 5.74) is 0.844. The Bertz CT molecular complexity index is 359. The molecule has 0 aliphatic heterocycles. The largest absolute Gasteiger partial charge is 0.392 e. The summed E-state index contributed by atoms with van der Waals surface area (Å²) in [5, 5.41) is 13.2. The van der Waals surface area contributed by atoms with Crippen LogP contribution < -0.4 is 5.32 Å². The third kappa shape index (κ3) is 4.62. The van der Waals surface area contributed by atoms with E-state index in [1.54, 1.807) is 6.07 Å². The molecule has 0 aliphatic carbocycles. The molecule has 0 bridgehead atoms. The summed E-state index contributed by atoms with van der Waals surface area (Å²) in [4.78, 5) is 0. The molecule has 1 rings (SSSR count). The first-order valence-electron chi connectivity index (χ1n) is 5.91. The Morgan fingerprint density at radius 2 is 2.18 bits per heavy atom. The average molecular weight is 260 g/mol. The standard InChI is InChI=1S/C13H19ClFNO/c1-3-4-11(17)8-16-9(2)12-6-5-10(15)7-13(12)14/h5-7,9,11,16-17H,3-4,8H2,1-2H3. The van der Waals surface area contributed by atoms with Crippen molar-refractivity contribution in [3.05, 3.63) is 34.6 Å². The van der Waals surface area contributed by atoms with Crippen molar-refractivity contribution in [2.24, 2.45) is 0 Å². The molecule has 96 valence electrons. The van der Waals surface area contributed by atoms with Crippen molar-refractivity contribution in [2.45, 2.75) is 38.8 Å². The molecule has 0 saturated heterocycles. The maximum atomic E-state index is 12.9. The van der Waals surface area contributed by atoms with Crippen LogP contribution in [0.1, 0.15) is 38.3 Å². The second-order valence-electron chi connectivity index (χ2n) is 4.24. The Kier molecular flexibility index (Phi) is 5.89. The summed E-state index contributed by atoms with van der Waals surface area (Å²) in [7, 11) is 0. The van der Waals surface area contributed by atoms with Gasteiger partial charge in [-0.1, -0.05) is 31.0 Å². The molecule has 0 aliphatic rings. The van der Waals surface area contributed by atoms with Gasteiger partial charge in [-0.25, -0.2) is 4.39 Å². The van der Waals surface area contributed by atoms with Crippen LogP contribution in [-0.4, -0.2) is 17.8 Å². The highest BCUT2D eigenvalue weighted by Gasteiger charge is 2.11. The minimum absolute atomic E-state index is 0.00499. The second-order valence-corrected chi connectivity index (χ2v) is 4.65. The van der Waals surface area contributed by atoms with E-state index < -0.39 is 0 Å². The van der Waals surface area contributed by atoms with Crippen LogP contribution >= 0.6 is 11.6 Å². The third-order valence-electron chi connectivity index (χ3n) is 2.71. The van der Waals surface area contributed by atoms with Crippen molar-refractivity contribution >= 4 is 11.6 Å². The van der Waals surface area contributed by atoms with Gasteiger partial charge in [-0.2, -0.15) is 0 Å². The highest BCUT2D eigenvalue weighted by atomic mass is 35.5. The number of rotatable bonds is 6. The highest BCUT2D eigenvalue weighted by molar-refractivity contribution is 6.31. The number of hydrogen-bond acceptors (Lipinski definition) is 2. The van der Waals surface area contributed by atoms with Gasteiger partial charge in [0.1, 0.15) is 5.82 Å². The Hall–Kier alpha value is -0.640. The lowest BCUT2D eigenvalue weighted by Crippen LogP contribution is -2.29. The normalized spacial score (nSPS) is 14.6. The molecule has 0 fully saturated rings. The summed E-state index contributed by atoms with van der Waals surface area (Å²) in [6.45, 7) is 4.49. The van der Waals surface area contributed by atoms with Gasteiger partial charge in [0.05, 0.1) is 6.10 Å². The Balaban J connectivity index is 2.54. The van der Waals surface area contributed by atoms with Crippen molar-refractivity contribution < 1.29 is 9.50 Å². The van der Waals surface area contributed by atoms with E-state index in [2.05, 4.69) is 5.32 Å². The molecule has 0 aromatic heterocycles. The fourth-order valence-electron chi connectivity index (χ4n) is 1.71. The van der Waals surface area contributed by atoms with Crippen LogP contribution in [0.2, 0.25) is 5.02 Å². The maximum absolute atomic E-state index is 12.9. The van der Waals surface area contributed by atoms with Crippen molar-refractivity contribution in [2.75, 3.05) is 6.54 Å². The maximum Gasteiger partial charge on any atom is 0.124 e. The number of aliphatic hydroxyl groups excluding tert-OH is 1. The average Bonchev–Trinajstić information content (AvgIpc) is 2.26. The van der Waals surface area contributed by atoms with Gasteiger partial charge in [0.25, 0.3) is 0 Å². The molecule has 2 atom stereocenters. The zero-order valence-corrected chi connectivity index (χ0v) is 11.0. The fourth-order valence-corrected chi connectivity index (χ4v) is 2.04. The first-order valence-corrected chi connectivity index (χ1v) is 6.28. The van der Waals surface area contributed by atoms with E-state index in [0.29, 0.717) is 11.6 Å². The number of halogens is 2. The molecule has 0 saturated carbocycles. The summed E-state index contributed by atoms with van der Waals surface area (Å²) >= 11 is 5.96. The van der Waals surface area contributed by atoms with E-state index in [1.807, 2.05) is 13.8 Å². The van der Waals surface area contributed by atoms with Crippen molar-refractivity contribution in [1.29, 1.82) is 0 Å². The Labute approximate surface area is 107 Å². The zero-order chi connectivity index (χ0) is 12.8. The molecule has 4 heteroatoms.